The van der Waals surface area contributed by atoms with Gasteiger partial charge in [0.1, 0.15) is 5.82 Å². The van der Waals surface area contributed by atoms with Gasteiger partial charge < -0.3 is 0 Å². The Balaban J connectivity index is 2.80. The molecule has 0 radical (unpaired) electrons. The average molecular weight is 220 g/mol. The predicted molar refractivity (Wildman–Crippen MR) is 49.7 cm³/mol. The number of rotatable bonds is 3. The maximum Gasteiger partial charge on any atom is 0.303 e. The lowest BCUT2D eigenvalue weighted by atomic mass is 10.0. The Kier molecular flexibility index (Phi) is 3.21. The molecule has 0 saturated carbocycles. The second kappa shape index (κ2) is 4.04. The second-order valence-electron chi connectivity index (χ2n) is 3.16. The maximum absolute atomic E-state index is 12.5. The van der Waals surface area contributed by atoms with Gasteiger partial charge in [-0.15, -0.1) is 3.89 Å². The summed E-state index contributed by atoms with van der Waals surface area (Å²) in [6, 6.07) is 5.34. The molecule has 14 heavy (non-hydrogen) atoms. The lowest BCUT2D eigenvalue weighted by Crippen LogP contribution is -2.07. The van der Waals surface area contributed by atoms with Crippen molar-refractivity contribution < 1.29 is 16.7 Å². The maximum atomic E-state index is 12.5. The first-order chi connectivity index (χ1) is 6.38. The number of benzene rings is 1. The van der Waals surface area contributed by atoms with E-state index in [0.717, 1.165) is 0 Å². The molecular weight excluding hydrogens is 210 g/mol. The molecule has 0 aliphatic rings. The largest absolute Gasteiger partial charge is 0.303 e. The highest BCUT2D eigenvalue weighted by Crippen LogP contribution is 2.18. The fourth-order valence-electron chi connectivity index (χ4n) is 1.19. The van der Waals surface area contributed by atoms with Crippen molar-refractivity contribution in [2.24, 2.45) is 0 Å². The van der Waals surface area contributed by atoms with Crippen molar-refractivity contribution in [1.82, 2.24) is 0 Å². The van der Waals surface area contributed by atoms with Crippen molar-refractivity contribution in [3.63, 3.8) is 0 Å². The molecule has 1 aromatic carbocycles. The van der Waals surface area contributed by atoms with Gasteiger partial charge in [-0.2, -0.15) is 8.42 Å². The van der Waals surface area contributed by atoms with Gasteiger partial charge >= 0.3 is 10.2 Å². The Morgan fingerprint density at radius 1 is 1.29 bits per heavy atom. The number of hydrogen-bond acceptors (Lipinski definition) is 2. The minimum absolute atomic E-state index is 0.399. The van der Waals surface area contributed by atoms with Crippen LogP contribution in [0.4, 0.5) is 8.28 Å². The third-order valence-electron chi connectivity index (χ3n) is 1.89. The SMILES string of the molecule is CC(CS(=O)(=O)F)c1ccc(F)cc1. The molecule has 1 unspecified atom stereocenters. The first kappa shape index (κ1) is 11.1. The van der Waals surface area contributed by atoms with E-state index < -0.39 is 27.7 Å². The fraction of sp³-hybridized carbons (Fsp3) is 0.333. The summed E-state index contributed by atoms with van der Waals surface area (Å²) in [5, 5.41) is 0. The van der Waals surface area contributed by atoms with Crippen molar-refractivity contribution in [2.75, 3.05) is 5.75 Å². The highest BCUT2D eigenvalue weighted by Gasteiger charge is 2.15. The molecule has 1 rings (SSSR count). The number of halogens is 2. The summed E-state index contributed by atoms with van der Waals surface area (Å²) in [6.07, 6.45) is 0. The van der Waals surface area contributed by atoms with E-state index >= 15 is 0 Å². The lowest BCUT2D eigenvalue weighted by Gasteiger charge is -2.08. The van der Waals surface area contributed by atoms with Gasteiger partial charge in [-0.1, -0.05) is 19.1 Å². The highest BCUT2D eigenvalue weighted by atomic mass is 32.3. The van der Waals surface area contributed by atoms with E-state index in [0.29, 0.717) is 5.56 Å². The molecule has 0 aliphatic heterocycles. The first-order valence-corrected chi connectivity index (χ1v) is 5.61. The fourth-order valence-corrected chi connectivity index (χ4v) is 1.98. The van der Waals surface area contributed by atoms with Crippen LogP contribution in [0.3, 0.4) is 0 Å². The monoisotopic (exact) mass is 220 g/mol. The molecule has 0 saturated heterocycles. The third-order valence-corrected chi connectivity index (χ3v) is 2.79. The summed E-state index contributed by atoms with van der Waals surface area (Å²) < 4.78 is 45.5. The van der Waals surface area contributed by atoms with Gasteiger partial charge in [-0.3, -0.25) is 0 Å². The van der Waals surface area contributed by atoms with Gasteiger partial charge in [0.2, 0.25) is 0 Å². The Hall–Kier alpha value is -0.970. The first-order valence-electron chi connectivity index (χ1n) is 4.06. The van der Waals surface area contributed by atoms with Crippen LogP contribution >= 0.6 is 0 Å². The minimum Gasteiger partial charge on any atom is -0.207 e. The summed E-state index contributed by atoms with van der Waals surface area (Å²) in [5.74, 6) is -1.44. The van der Waals surface area contributed by atoms with Crippen LogP contribution in [0.2, 0.25) is 0 Å². The molecule has 0 N–H and O–H groups in total. The second-order valence-corrected chi connectivity index (χ2v) is 4.57. The summed E-state index contributed by atoms with van der Waals surface area (Å²) in [5.41, 5.74) is 0.604. The zero-order valence-electron chi connectivity index (χ0n) is 7.57. The van der Waals surface area contributed by atoms with E-state index in [4.69, 9.17) is 0 Å². The Labute approximate surface area is 81.8 Å². The molecule has 0 amide bonds. The Morgan fingerprint density at radius 2 is 1.79 bits per heavy atom. The molecule has 0 spiro atoms. The van der Waals surface area contributed by atoms with Crippen LogP contribution < -0.4 is 0 Å². The van der Waals surface area contributed by atoms with Crippen molar-refractivity contribution in [3.8, 4) is 0 Å². The van der Waals surface area contributed by atoms with Gasteiger partial charge in [0, 0.05) is 0 Å². The van der Waals surface area contributed by atoms with Gasteiger partial charge in [-0.25, -0.2) is 4.39 Å². The average Bonchev–Trinajstić information content (AvgIpc) is 2.02. The Bertz CT molecular complexity index is 397. The molecule has 1 aromatic rings. The summed E-state index contributed by atoms with van der Waals surface area (Å²) in [7, 11) is -4.48. The van der Waals surface area contributed by atoms with Crippen molar-refractivity contribution >= 4 is 10.2 Å². The summed E-state index contributed by atoms with van der Waals surface area (Å²) in [6.45, 7) is 1.57. The predicted octanol–water partition coefficient (Wildman–Crippen LogP) is 2.23. The Morgan fingerprint density at radius 3 is 2.21 bits per heavy atom. The van der Waals surface area contributed by atoms with Gasteiger partial charge in [0.05, 0.1) is 5.75 Å². The molecule has 2 nitrogen and oxygen atoms in total. The molecule has 0 fully saturated rings. The summed E-state index contributed by atoms with van der Waals surface area (Å²) in [4.78, 5) is 0. The minimum atomic E-state index is -4.48. The molecular formula is C9H10F2O2S. The van der Waals surface area contributed by atoms with Crippen LogP contribution in [0, 0.1) is 5.82 Å². The summed E-state index contributed by atoms with van der Waals surface area (Å²) >= 11 is 0. The van der Waals surface area contributed by atoms with E-state index in [1.807, 2.05) is 0 Å². The molecule has 0 aliphatic carbocycles. The smallest absolute Gasteiger partial charge is 0.207 e. The van der Waals surface area contributed by atoms with Crippen molar-refractivity contribution in [2.45, 2.75) is 12.8 Å². The van der Waals surface area contributed by atoms with E-state index in [-0.39, 0.29) is 0 Å². The van der Waals surface area contributed by atoms with E-state index in [2.05, 4.69) is 0 Å². The van der Waals surface area contributed by atoms with E-state index in [1.165, 1.54) is 24.3 Å². The number of hydrogen-bond donors (Lipinski definition) is 0. The van der Waals surface area contributed by atoms with Crippen LogP contribution in [-0.2, 0) is 10.2 Å². The van der Waals surface area contributed by atoms with Gasteiger partial charge in [0.25, 0.3) is 0 Å². The highest BCUT2D eigenvalue weighted by molar-refractivity contribution is 7.86. The molecule has 5 heteroatoms. The van der Waals surface area contributed by atoms with Gasteiger partial charge in [-0.05, 0) is 23.6 Å². The van der Waals surface area contributed by atoms with E-state index in [9.17, 15) is 16.7 Å². The molecule has 1 atom stereocenters. The van der Waals surface area contributed by atoms with Crippen LogP contribution in [-0.4, -0.2) is 14.2 Å². The normalized spacial score (nSPS) is 13.9. The van der Waals surface area contributed by atoms with Crippen LogP contribution in [0.5, 0.6) is 0 Å². The van der Waals surface area contributed by atoms with E-state index in [1.54, 1.807) is 6.92 Å². The molecule has 78 valence electrons. The molecule has 0 heterocycles. The quantitative estimate of drug-likeness (QED) is 0.732. The van der Waals surface area contributed by atoms with Crippen LogP contribution in [0.1, 0.15) is 18.4 Å². The van der Waals surface area contributed by atoms with Crippen LogP contribution in [0.25, 0.3) is 0 Å². The van der Waals surface area contributed by atoms with Crippen molar-refractivity contribution in [3.05, 3.63) is 35.6 Å². The zero-order valence-corrected chi connectivity index (χ0v) is 8.39. The lowest BCUT2D eigenvalue weighted by molar-refractivity contribution is 0.546. The molecule has 0 aromatic heterocycles. The van der Waals surface area contributed by atoms with Gasteiger partial charge in [0.15, 0.2) is 0 Å². The zero-order chi connectivity index (χ0) is 10.8. The molecule has 0 bridgehead atoms. The third kappa shape index (κ3) is 3.41. The van der Waals surface area contributed by atoms with Crippen molar-refractivity contribution in [1.29, 1.82) is 0 Å². The topological polar surface area (TPSA) is 34.1 Å². The standard InChI is InChI=1S/C9H10F2O2S/c1-7(6-14(11,12)13)8-2-4-9(10)5-3-8/h2-5,7H,6H2,1H3. The van der Waals surface area contributed by atoms with Crippen LogP contribution in [0.15, 0.2) is 24.3 Å².